The molecule has 0 saturated carbocycles. The average molecular weight is 265 g/mol. The number of hydrogen-bond acceptors (Lipinski definition) is 4. The largest absolute Gasteiger partial charge is 0.399 e. The van der Waals surface area contributed by atoms with Gasteiger partial charge in [-0.25, -0.2) is 0 Å². The number of amides is 1. The average Bonchev–Trinajstić information content (AvgIpc) is 2.33. The first-order valence-electron chi connectivity index (χ1n) is 6.08. The molecule has 0 aliphatic carbocycles. The van der Waals surface area contributed by atoms with Crippen LogP contribution in [0.5, 0.6) is 0 Å². The van der Waals surface area contributed by atoms with E-state index in [-0.39, 0.29) is 0 Å². The molecule has 18 heavy (non-hydrogen) atoms. The smallest absolute Gasteiger partial charge is 0.250 e. The quantitative estimate of drug-likeness (QED) is 0.798. The Labute approximate surface area is 112 Å². The van der Waals surface area contributed by atoms with Gasteiger partial charge in [0.25, 0.3) is 5.91 Å². The Morgan fingerprint density at radius 3 is 2.83 bits per heavy atom. The first kappa shape index (κ1) is 13.1. The third kappa shape index (κ3) is 2.41. The molecule has 1 heterocycles. The van der Waals surface area contributed by atoms with Gasteiger partial charge in [0.05, 0.1) is 5.56 Å². The predicted molar refractivity (Wildman–Crippen MR) is 78.1 cm³/mol. The van der Waals surface area contributed by atoms with E-state index >= 15 is 0 Å². The highest BCUT2D eigenvalue weighted by molar-refractivity contribution is 8.00. The summed E-state index contributed by atoms with van der Waals surface area (Å²) in [5, 5.41) is 0.539. The van der Waals surface area contributed by atoms with Gasteiger partial charge in [-0.05, 0) is 25.1 Å². The van der Waals surface area contributed by atoms with E-state index in [0.717, 1.165) is 18.0 Å². The van der Waals surface area contributed by atoms with Crippen LogP contribution >= 0.6 is 11.8 Å². The van der Waals surface area contributed by atoms with E-state index in [1.165, 1.54) is 0 Å². The minimum absolute atomic E-state index is 0.380. The van der Waals surface area contributed by atoms with Gasteiger partial charge in [0.2, 0.25) is 0 Å². The molecule has 1 fully saturated rings. The van der Waals surface area contributed by atoms with Crippen molar-refractivity contribution in [2.75, 3.05) is 22.9 Å². The van der Waals surface area contributed by atoms with E-state index in [1.54, 1.807) is 6.07 Å². The van der Waals surface area contributed by atoms with Crippen molar-refractivity contribution in [2.24, 2.45) is 5.73 Å². The van der Waals surface area contributed by atoms with Gasteiger partial charge in [0, 0.05) is 35.0 Å². The van der Waals surface area contributed by atoms with Crippen molar-refractivity contribution in [3.63, 3.8) is 0 Å². The lowest BCUT2D eigenvalue weighted by Crippen LogP contribution is -2.45. The van der Waals surface area contributed by atoms with E-state index in [4.69, 9.17) is 11.5 Å². The van der Waals surface area contributed by atoms with Crippen LogP contribution in [0.25, 0.3) is 0 Å². The van der Waals surface area contributed by atoms with Crippen molar-refractivity contribution in [1.82, 2.24) is 0 Å². The molecule has 1 aliphatic rings. The molecule has 1 aromatic carbocycles. The highest BCUT2D eigenvalue weighted by atomic mass is 32.2. The maximum absolute atomic E-state index is 11.5. The first-order valence-corrected chi connectivity index (χ1v) is 7.13. The molecule has 5 heteroatoms. The van der Waals surface area contributed by atoms with Gasteiger partial charge in [-0.15, -0.1) is 0 Å². The first-order chi connectivity index (χ1) is 8.50. The van der Waals surface area contributed by atoms with E-state index in [9.17, 15) is 4.79 Å². The molecule has 1 amide bonds. The second kappa shape index (κ2) is 5.10. The van der Waals surface area contributed by atoms with Crippen molar-refractivity contribution in [3.05, 3.63) is 23.8 Å². The number of nitrogens with two attached hydrogens (primary N) is 2. The molecule has 4 N–H and O–H groups in total. The van der Waals surface area contributed by atoms with Crippen LogP contribution in [0.2, 0.25) is 0 Å². The van der Waals surface area contributed by atoms with E-state index < -0.39 is 5.91 Å². The summed E-state index contributed by atoms with van der Waals surface area (Å²) in [6, 6.07) is 5.76. The van der Waals surface area contributed by atoms with Crippen molar-refractivity contribution >= 4 is 29.0 Å². The summed E-state index contributed by atoms with van der Waals surface area (Å²) in [6.07, 6.45) is 0. The Balaban J connectivity index is 2.40. The number of primary amides is 1. The molecule has 2 atom stereocenters. The van der Waals surface area contributed by atoms with E-state index in [1.807, 2.05) is 23.9 Å². The third-order valence-electron chi connectivity index (χ3n) is 3.48. The topological polar surface area (TPSA) is 72.3 Å². The molecule has 1 aliphatic heterocycles. The summed E-state index contributed by atoms with van der Waals surface area (Å²) in [6.45, 7) is 5.32. The van der Waals surface area contributed by atoms with Gasteiger partial charge in [-0.3, -0.25) is 4.79 Å². The summed E-state index contributed by atoms with van der Waals surface area (Å²) in [5.74, 6) is 0.643. The third-order valence-corrected chi connectivity index (χ3v) is 4.82. The molecule has 4 nitrogen and oxygen atoms in total. The summed E-state index contributed by atoms with van der Waals surface area (Å²) >= 11 is 1.96. The van der Waals surface area contributed by atoms with Gasteiger partial charge in [-0.2, -0.15) is 11.8 Å². The Morgan fingerprint density at radius 1 is 1.44 bits per heavy atom. The van der Waals surface area contributed by atoms with Gasteiger partial charge in [0.15, 0.2) is 0 Å². The fourth-order valence-corrected chi connectivity index (χ4v) is 3.37. The van der Waals surface area contributed by atoms with Gasteiger partial charge < -0.3 is 16.4 Å². The Bertz CT molecular complexity index is 464. The molecule has 2 rings (SSSR count). The lowest BCUT2D eigenvalue weighted by atomic mass is 10.1. The second-order valence-electron chi connectivity index (χ2n) is 4.65. The number of anilines is 2. The Morgan fingerprint density at radius 2 is 2.17 bits per heavy atom. The highest BCUT2D eigenvalue weighted by Crippen LogP contribution is 2.31. The van der Waals surface area contributed by atoms with Crippen molar-refractivity contribution in [3.8, 4) is 0 Å². The molecule has 2 unspecified atom stereocenters. The van der Waals surface area contributed by atoms with Gasteiger partial charge in [-0.1, -0.05) is 6.92 Å². The van der Waals surface area contributed by atoms with Crippen LogP contribution in [0, 0.1) is 0 Å². The Hall–Kier alpha value is -1.36. The molecular weight excluding hydrogens is 246 g/mol. The minimum atomic E-state index is -0.421. The van der Waals surface area contributed by atoms with Crippen LogP contribution in [0.1, 0.15) is 24.2 Å². The zero-order valence-electron chi connectivity index (χ0n) is 10.7. The zero-order chi connectivity index (χ0) is 13.3. The lowest BCUT2D eigenvalue weighted by molar-refractivity contribution is 0.100. The molecular formula is C13H19N3OS. The fraction of sp³-hybridized carbons (Fsp3) is 0.462. The Kier molecular flexibility index (Phi) is 3.71. The van der Waals surface area contributed by atoms with Gasteiger partial charge >= 0.3 is 0 Å². The summed E-state index contributed by atoms with van der Waals surface area (Å²) in [4.78, 5) is 13.8. The van der Waals surface area contributed by atoms with Crippen LogP contribution in [-0.2, 0) is 0 Å². The molecule has 1 aromatic rings. The number of nitrogens with zero attached hydrogens (tertiary/aromatic N) is 1. The summed E-state index contributed by atoms with van der Waals surface area (Å²) in [7, 11) is 0. The second-order valence-corrected chi connectivity index (χ2v) is 6.14. The van der Waals surface area contributed by atoms with Crippen LogP contribution in [-0.4, -0.2) is 29.5 Å². The molecule has 0 spiro atoms. The fourth-order valence-electron chi connectivity index (χ4n) is 2.27. The highest BCUT2D eigenvalue weighted by Gasteiger charge is 2.27. The molecule has 98 valence electrons. The summed E-state index contributed by atoms with van der Waals surface area (Å²) in [5.41, 5.74) is 13.2. The monoisotopic (exact) mass is 265 g/mol. The standard InChI is InChI=1S/C13H19N3OS/c1-8-9(2)18-6-5-16(8)12-4-3-10(14)7-11(12)13(15)17/h3-4,7-9H,5-6,14H2,1-2H3,(H2,15,17). The number of nitrogen functional groups attached to an aromatic ring is 1. The molecule has 0 bridgehead atoms. The maximum atomic E-state index is 11.5. The number of hydrogen-bond donors (Lipinski definition) is 2. The normalized spacial score (nSPS) is 24.0. The van der Waals surface area contributed by atoms with Crippen molar-refractivity contribution < 1.29 is 4.79 Å². The SMILES string of the molecule is CC1SCCN(c2ccc(N)cc2C(N)=O)C1C. The minimum Gasteiger partial charge on any atom is -0.399 e. The zero-order valence-corrected chi connectivity index (χ0v) is 11.5. The number of benzene rings is 1. The van der Waals surface area contributed by atoms with E-state index in [0.29, 0.717) is 22.5 Å². The van der Waals surface area contributed by atoms with Crippen LogP contribution in [0.3, 0.4) is 0 Å². The number of carbonyl (C=O) groups is 1. The molecule has 0 aromatic heterocycles. The number of thioether (sulfide) groups is 1. The van der Waals surface area contributed by atoms with E-state index in [2.05, 4.69) is 18.7 Å². The van der Waals surface area contributed by atoms with Crippen molar-refractivity contribution in [2.45, 2.75) is 25.1 Å². The van der Waals surface area contributed by atoms with Crippen molar-refractivity contribution in [1.29, 1.82) is 0 Å². The molecule has 0 radical (unpaired) electrons. The lowest BCUT2D eigenvalue weighted by Gasteiger charge is -2.40. The van der Waals surface area contributed by atoms with Gasteiger partial charge in [0.1, 0.15) is 0 Å². The molecule has 1 saturated heterocycles. The number of rotatable bonds is 2. The summed E-state index contributed by atoms with van der Waals surface area (Å²) < 4.78 is 0. The number of carbonyl (C=O) groups excluding carboxylic acids is 1. The predicted octanol–water partition coefficient (Wildman–Crippen LogP) is 1.70. The van der Waals surface area contributed by atoms with Crippen LogP contribution in [0.15, 0.2) is 18.2 Å². The maximum Gasteiger partial charge on any atom is 0.250 e. The van der Waals surface area contributed by atoms with Crippen LogP contribution in [0.4, 0.5) is 11.4 Å². The van der Waals surface area contributed by atoms with Crippen LogP contribution < -0.4 is 16.4 Å².